The molecule has 0 unspecified atom stereocenters. The van der Waals surface area contributed by atoms with Crippen molar-refractivity contribution < 1.29 is 13.9 Å². The molecular formula is C10H12FNO2. The number of hydrogen-bond donors (Lipinski definition) is 1. The summed E-state index contributed by atoms with van der Waals surface area (Å²) >= 11 is 0. The van der Waals surface area contributed by atoms with Crippen LogP contribution in [0.1, 0.15) is 18.1 Å². The lowest BCUT2D eigenvalue weighted by molar-refractivity contribution is -0.132. The Morgan fingerprint density at radius 1 is 1.43 bits per heavy atom. The quantitative estimate of drug-likeness (QED) is 0.425. The fraction of sp³-hybridized carbons (Fsp3) is 0.300. The number of benzene rings is 1. The highest BCUT2D eigenvalue weighted by Gasteiger charge is 2.15. The molecule has 0 aliphatic heterocycles. The lowest BCUT2D eigenvalue weighted by Gasteiger charge is -2.10. The second-order valence-electron chi connectivity index (χ2n) is 3.16. The van der Waals surface area contributed by atoms with Gasteiger partial charge in [0.25, 0.3) is 0 Å². The molecule has 3 nitrogen and oxygen atoms in total. The van der Waals surface area contributed by atoms with E-state index >= 15 is 0 Å². The minimum absolute atomic E-state index is 0.170. The molecule has 0 fully saturated rings. The van der Waals surface area contributed by atoms with Gasteiger partial charge in [-0.2, -0.15) is 0 Å². The van der Waals surface area contributed by atoms with Crippen molar-refractivity contribution in [3.63, 3.8) is 0 Å². The summed E-state index contributed by atoms with van der Waals surface area (Å²) < 4.78 is 18.1. The van der Waals surface area contributed by atoms with Gasteiger partial charge >= 0.3 is 5.97 Å². The molecule has 0 atom stereocenters. The number of carbonyl (C=O) groups excluding carboxylic acids is 1. The topological polar surface area (TPSA) is 52.3 Å². The maximum atomic E-state index is 13.4. The van der Waals surface area contributed by atoms with E-state index in [1.807, 2.05) is 0 Å². The summed E-state index contributed by atoms with van der Waals surface area (Å²) in [6.07, 6.45) is 0. The number of rotatable bonds is 1. The van der Waals surface area contributed by atoms with Gasteiger partial charge in [-0.25, -0.2) is 4.39 Å². The zero-order valence-electron chi connectivity index (χ0n) is 8.35. The van der Waals surface area contributed by atoms with E-state index in [4.69, 9.17) is 10.5 Å². The molecule has 0 radical (unpaired) electrons. The van der Waals surface area contributed by atoms with E-state index in [9.17, 15) is 9.18 Å². The van der Waals surface area contributed by atoms with Crippen molar-refractivity contribution in [2.75, 3.05) is 5.73 Å². The Bertz CT molecular complexity index is 362. The normalized spacial score (nSPS) is 10.0. The molecule has 1 rings (SSSR count). The number of anilines is 1. The van der Waals surface area contributed by atoms with Gasteiger partial charge < -0.3 is 10.5 Å². The first-order chi connectivity index (χ1) is 6.43. The third kappa shape index (κ3) is 1.84. The number of ether oxygens (including phenoxy) is 1. The monoisotopic (exact) mass is 197 g/mol. The Kier molecular flexibility index (Phi) is 2.74. The highest BCUT2D eigenvalue weighted by atomic mass is 19.1. The molecule has 1 aromatic carbocycles. The van der Waals surface area contributed by atoms with Crippen LogP contribution in [0.2, 0.25) is 0 Å². The maximum Gasteiger partial charge on any atom is 0.308 e. The van der Waals surface area contributed by atoms with Crippen LogP contribution in [0, 0.1) is 19.7 Å². The number of nitrogens with two attached hydrogens (primary N) is 1. The zero-order chi connectivity index (χ0) is 10.9. The van der Waals surface area contributed by atoms with Gasteiger partial charge in [0.2, 0.25) is 0 Å². The second-order valence-corrected chi connectivity index (χ2v) is 3.16. The van der Waals surface area contributed by atoms with E-state index in [2.05, 4.69) is 0 Å². The third-order valence-corrected chi connectivity index (χ3v) is 1.89. The van der Waals surface area contributed by atoms with Crippen LogP contribution in [0.4, 0.5) is 10.1 Å². The van der Waals surface area contributed by atoms with Gasteiger partial charge in [0.05, 0.1) is 5.69 Å². The second kappa shape index (κ2) is 3.65. The first-order valence-corrected chi connectivity index (χ1v) is 4.17. The first-order valence-electron chi connectivity index (χ1n) is 4.17. The van der Waals surface area contributed by atoms with Gasteiger partial charge in [-0.05, 0) is 25.0 Å². The molecule has 0 saturated heterocycles. The molecule has 0 aliphatic carbocycles. The molecule has 4 heteroatoms. The van der Waals surface area contributed by atoms with Gasteiger partial charge in [0, 0.05) is 6.92 Å². The highest BCUT2D eigenvalue weighted by molar-refractivity contribution is 5.73. The van der Waals surface area contributed by atoms with Crippen LogP contribution in [0.3, 0.4) is 0 Å². The third-order valence-electron chi connectivity index (χ3n) is 1.89. The van der Waals surface area contributed by atoms with Crippen LogP contribution in [0.5, 0.6) is 5.75 Å². The number of carbonyl (C=O) groups is 1. The molecule has 0 heterocycles. The fourth-order valence-electron chi connectivity index (χ4n) is 1.19. The molecule has 0 aliphatic rings. The maximum absolute atomic E-state index is 13.4. The fourth-order valence-corrected chi connectivity index (χ4v) is 1.19. The van der Waals surface area contributed by atoms with Crippen LogP contribution >= 0.6 is 0 Å². The molecule has 76 valence electrons. The lowest BCUT2D eigenvalue weighted by Crippen LogP contribution is -2.08. The SMILES string of the molecule is CC(=O)Oc1c(N)c(C)cc(C)c1F. The summed E-state index contributed by atoms with van der Waals surface area (Å²) in [4.78, 5) is 10.7. The zero-order valence-corrected chi connectivity index (χ0v) is 8.35. The van der Waals surface area contributed by atoms with E-state index in [1.54, 1.807) is 19.9 Å². The number of halogens is 1. The highest BCUT2D eigenvalue weighted by Crippen LogP contribution is 2.31. The summed E-state index contributed by atoms with van der Waals surface area (Å²) in [6, 6.07) is 1.61. The summed E-state index contributed by atoms with van der Waals surface area (Å²) in [7, 11) is 0. The van der Waals surface area contributed by atoms with E-state index in [-0.39, 0.29) is 11.4 Å². The van der Waals surface area contributed by atoms with Crippen molar-refractivity contribution in [1.29, 1.82) is 0 Å². The minimum Gasteiger partial charge on any atom is -0.421 e. The van der Waals surface area contributed by atoms with Gasteiger partial charge in [0.15, 0.2) is 11.6 Å². The minimum atomic E-state index is -0.583. The summed E-state index contributed by atoms with van der Waals surface area (Å²) in [5, 5.41) is 0. The van der Waals surface area contributed by atoms with Crippen molar-refractivity contribution in [1.82, 2.24) is 0 Å². The first kappa shape index (κ1) is 10.5. The van der Waals surface area contributed by atoms with Crippen molar-refractivity contribution >= 4 is 11.7 Å². The Morgan fingerprint density at radius 2 is 2.00 bits per heavy atom. The van der Waals surface area contributed by atoms with Crippen molar-refractivity contribution in [2.45, 2.75) is 20.8 Å². The average molecular weight is 197 g/mol. The summed E-state index contributed by atoms with van der Waals surface area (Å²) in [6.45, 7) is 4.53. The standard InChI is InChI=1S/C10H12FNO2/c1-5-4-6(2)9(12)10(8(5)11)14-7(3)13/h4H,12H2,1-3H3. The van der Waals surface area contributed by atoms with Crippen LogP contribution < -0.4 is 10.5 Å². The smallest absolute Gasteiger partial charge is 0.308 e. The molecule has 0 bridgehead atoms. The molecule has 0 saturated carbocycles. The van der Waals surface area contributed by atoms with Crippen LogP contribution in [0.25, 0.3) is 0 Å². The van der Waals surface area contributed by atoms with Gasteiger partial charge in [-0.3, -0.25) is 4.79 Å². The predicted octanol–water partition coefficient (Wildman–Crippen LogP) is 1.95. The van der Waals surface area contributed by atoms with Gasteiger partial charge in [-0.15, -0.1) is 0 Å². The molecule has 0 spiro atoms. The van der Waals surface area contributed by atoms with Crippen LogP contribution in [0.15, 0.2) is 6.07 Å². The van der Waals surface area contributed by atoms with Crippen molar-refractivity contribution in [2.24, 2.45) is 0 Å². The average Bonchev–Trinajstić information content (AvgIpc) is 2.09. The number of nitrogen functional groups attached to an aromatic ring is 1. The molecule has 1 aromatic rings. The Labute approximate surface area is 81.7 Å². The summed E-state index contributed by atoms with van der Waals surface area (Å²) in [5.41, 5.74) is 6.86. The molecule has 0 aromatic heterocycles. The Hall–Kier alpha value is -1.58. The van der Waals surface area contributed by atoms with Gasteiger partial charge in [0.1, 0.15) is 0 Å². The predicted molar refractivity (Wildman–Crippen MR) is 51.6 cm³/mol. The Morgan fingerprint density at radius 3 is 2.50 bits per heavy atom. The number of hydrogen-bond acceptors (Lipinski definition) is 3. The number of esters is 1. The van der Waals surface area contributed by atoms with Crippen LogP contribution in [-0.2, 0) is 4.79 Å². The number of aryl methyl sites for hydroxylation is 2. The van der Waals surface area contributed by atoms with E-state index in [0.29, 0.717) is 11.1 Å². The van der Waals surface area contributed by atoms with E-state index in [0.717, 1.165) is 0 Å². The van der Waals surface area contributed by atoms with Gasteiger partial charge in [-0.1, -0.05) is 6.07 Å². The van der Waals surface area contributed by atoms with Crippen molar-refractivity contribution in [3.8, 4) is 5.75 Å². The lowest BCUT2D eigenvalue weighted by atomic mass is 10.1. The molecular weight excluding hydrogens is 185 g/mol. The van der Waals surface area contributed by atoms with E-state index < -0.39 is 11.8 Å². The largest absolute Gasteiger partial charge is 0.421 e. The molecule has 14 heavy (non-hydrogen) atoms. The molecule has 2 N–H and O–H groups in total. The Balaban J connectivity index is 3.31. The van der Waals surface area contributed by atoms with E-state index in [1.165, 1.54) is 6.92 Å². The molecule has 0 amide bonds. The van der Waals surface area contributed by atoms with Crippen molar-refractivity contribution in [3.05, 3.63) is 23.0 Å². The summed E-state index contributed by atoms with van der Waals surface area (Å²) in [5.74, 6) is -1.33. The van der Waals surface area contributed by atoms with Crippen LogP contribution in [-0.4, -0.2) is 5.97 Å².